The maximum atomic E-state index is 10.7. The van der Waals surface area contributed by atoms with Crippen LogP contribution in [-0.2, 0) is 9.47 Å². The number of methoxy groups -OCH3 is 1. The SMILES string of the molecule is COC1CC(O)(C2CCOC3(CCCCC3)C2)C1. The van der Waals surface area contributed by atoms with E-state index in [0.717, 1.165) is 32.3 Å². The van der Waals surface area contributed by atoms with E-state index >= 15 is 0 Å². The molecule has 3 fully saturated rings. The second-order valence-electron chi connectivity index (χ2n) is 6.65. The fourth-order valence-corrected chi connectivity index (χ4v) is 4.26. The van der Waals surface area contributed by atoms with Gasteiger partial charge >= 0.3 is 0 Å². The first-order chi connectivity index (χ1) is 8.66. The van der Waals surface area contributed by atoms with E-state index in [1.807, 2.05) is 0 Å². The molecule has 1 atom stereocenters. The van der Waals surface area contributed by atoms with Gasteiger partial charge in [0.1, 0.15) is 0 Å². The molecule has 0 aromatic carbocycles. The normalized spacial score (nSPS) is 43.7. The van der Waals surface area contributed by atoms with Gasteiger partial charge in [-0.2, -0.15) is 0 Å². The smallest absolute Gasteiger partial charge is 0.0727 e. The van der Waals surface area contributed by atoms with Crippen molar-refractivity contribution in [2.75, 3.05) is 13.7 Å². The van der Waals surface area contributed by atoms with Crippen molar-refractivity contribution >= 4 is 0 Å². The topological polar surface area (TPSA) is 38.7 Å². The summed E-state index contributed by atoms with van der Waals surface area (Å²) < 4.78 is 11.4. The van der Waals surface area contributed by atoms with Crippen LogP contribution in [0.1, 0.15) is 57.8 Å². The number of aliphatic hydroxyl groups is 1. The molecule has 2 saturated carbocycles. The summed E-state index contributed by atoms with van der Waals surface area (Å²) in [5.41, 5.74) is -0.357. The summed E-state index contributed by atoms with van der Waals surface area (Å²) in [6.45, 7) is 0.838. The zero-order valence-corrected chi connectivity index (χ0v) is 11.5. The minimum Gasteiger partial charge on any atom is -0.389 e. The van der Waals surface area contributed by atoms with E-state index in [4.69, 9.17) is 9.47 Å². The largest absolute Gasteiger partial charge is 0.389 e. The van der Waals surface area contributed by atoms with Crippen molar-refractivity contribution < 1.29 is 14.6 Å². The van der Waals surface area contributed by atoms with Crippen molar-refractivity contribution in [1.82, 2.24) is 0 Å². The number of hydrogen-bond acceptors (Lipinski definition) is 3. The van der Waals surface area contributed by atoms with E-state index in [0.29, 0.717) is 5.92 Å². The van der Waals surface area contributed by atoms with Gasteiger partial charge in [-0.05, 0) is 31.6 Å². The standard InChI is InChI=1S/C15H26O3/c1-17-13-10-15(16,11-13)12-5-8-18-14(9-12)6-3-2-4-7-14/h12-13,16H,2-11H2,1H3. The van der Waals surface area contributed by atoms with Crippen molar-refractivity contribution in [3.63, 3.8) is 0 Å². The van der Waals surface area contributed by atoms with E-state index in [9.17, 15) is 5.11 Å². The first-order valence-electron chi connectivity index (χ1n) is 7.55. The van der Waals surface area contributed by atoms with Crippen molar-refractivity contribution in [3.8, 4) is 0 Å². The van der Waals surface area contributed by atoms with Gasteiger partial charge in [0.05, 0.1) is 17.3 Å². The third-order valence-corrected chi connectivity index (χ3v) is 5.51. The van der Waals surface area contributed by atoms with E-state index < -0.39 is 5.60 Å². The molecule has 1 saturated heterocycles. The van der Waals surface area contributed by atoms with Gasteiger partial charge in [-0.3, -0.25) is 0 Å². The Balaban J connectivity index is 1.63. The summed E-state index contributed by atoms with van der Waals surface area (Å²) >= 11 is 0. The molecule has 3 heteroatoms. The molecule has 18 heavy (non-hydrogen) atoms. The maximum Gasteiger partial charge on any atom is 0.0727 e. The molecular formula is C15H26O3. The Morgan fingerprint density at radius 2 is 1.83 bits per heavy atom. The van der Waals surface area contributed by atoms with Gasteiger partial charge in [-0.25, -0.2) is 0 Å². The molecule has 3 aliphatic rings. The van der Waals surface area contributed by atoms with Crippen molar-refractivity contribution in [1.29, 1.82) is 0 Å². The molecule has 0 radical (unpaired) electrons. The van der Waals surface area contributed by atoms with Crippen LogP contribution in [0, 0.1) is 5.92 Å². The van der Waals surface area contributed by atoms with Crippen LogP contribution >= 0.6 is 0 Å². The van der Waals surface area contributed by atoms with E-state index in [2.05, 4.69) is 0 Å². The lowest BCUT2D eigenvalue weighted by atomic mass is 9.63. The molecule has 1 unspecified atom stereocenters. The van der Waals surface area contributed by atoms with Gasteiger partial charge in [0.25, 0.3) is 0 Å². The molecule has 0 amide bonds. The lowest BCUT2D eigenvalue weighted by molar-refractivity contribution is -0.205. The van der Waals surface area contributed by atoms with Gasteiger partial charge in [-0.15, -0.1) is 0 Å². The molecule has 3 rings (SSSR count). The fraction of sp³-hybridized carbons (Fsp3) is 1.00. The monoisotopic (exact) mass is 254 g/mol. The van der Waals surface area contributed by atoms with Crippen LogP contribution in [0.4, 0.5) is 0 Å². The molecule has 1 spiro atoms. The van der Waals surface area contributed by atoms with Crippen molar-refractivity contribution in [3.05, 3.63) is 0 Å². The van der Waals surface area contributed by atoms with Gasteiger partial charge in [0, 0.05) is 26.6 Å². The summed E-state index contributed by atoms with van der Waals surface area (Å²) in [6.07, 6.45) is 10.4. The van der Waals surface area contributed by atoms with Crippen LogP contribution < -0.4 is 0 Å². The highest BCUT2D eigenvalue weighted by Gasteiger charge is 2.52. The summed E-state index contributed by atoms with van der Waals surface area (Å²) in [7, 11) is 1.75. The third kappa shape index (κ3) is 2.21. The van der Waals surface area contributed by atoms with Crippen LogP contribution in [0.25, 0.3) is 0 Å². The van der Waals surface area contributed by atoms with Crippen LogP contribution in [0.3, 0.4) is 0 Å². The van der Waals surface area contributed by atoms with Gasteiger partial charge in [0.15, 0.2) is 0 Å². The zero-order valence-electron chi connectivity index (χ0n) is 11.5. The first-order valence-corrected chi connectivity index (χ1v) is 7.55. The molecule has 3 nitrogen and oxygen atoms in total. The second-order valence-corrected chi connectivity index (χ2v) is 6.65. The maximum absolute atomic E-state index is 10.7. The minimum atomic E-state index is -0.463. The van der Waals surface area contributed by atoms with Crippen molar-refractivity contribution in [2.45, 2.75) is 75.1 Å². The number of rotatable bonds is 2. The Kier molecular flexibility index (Phi) is 3.41. The summed E-state index contributed by atoms with van der Waals surface area (Å²) in [5.74, 6) is 0.427. The highest BCUT2D eigenvalue weighted by Crippen LogP contribution is 2.49. The van der Waals surface area contributed by atoms with Crippen LogP contribution in [-0.4, -0.2) is 36.1 Å². The molecule has 0 aromatic heterocycles. The minimum absolute atomic E-state index is 0.106. The highest BCUT2D eigenvalue weighted by atomic mass is 16.5. The van der Waals surface area contributed by atoms with Crippen LogP contribution in [0.15, 0.2) is 0 Å². The van der Waals surface area contributed by atoms with Gasteiger partial charge < -0.3 is 14.6 Å². The lowest BCUT2D eigenvalue weighted by Crippen LogP contribution is -2.57. The first kappa shape index (κ1) is 12.9. The summed E-state index contributed by atoms with van der Waals surface area (Å²) in [4.78, 5) is 0. The molecule has 1 aliphatic heterocycles. The highest BCUT2D eigenvalue weighted by molar-refractivity contribution is 5.04. The predicted molar refractivity (Wildman–Crippen MR) is 69.5 cm³/mol. The molecule has 104 valence electrons. The Bertz CT molecular complexity index is 285. The summed E-state index contributed by atoms with van der Waals surface area (Å²) in [6, 6.07) is 0. The lowest BCUT2D eigenvalue weighted by Gasteiger charge is -2.53. The van der Waals surface area contributed by atoms with Gasteiger partial charge in [-0.1, -0.05) is 19.3 Å². The molecule has 1 heterocycles. The van der Waals surface area contributed by atoms with E-state index in [-0.39, 0.29) is 11.7 Å². The quantitative estimate of drug-likeness (QED) is 0.823. The fourth-order valence-electron chi connectivity index (χ4n) is 4.26. The molecule has 0 aromatic rings. The van der Waals surface area contributed by atoms with E-state index in [1.54, 1.807) is 7.11 Å². The molecule has 0 bridgehead atoms. The van der Waals surface area contributed by atoms with E-state index in [1.165, 1.54) is 32.1 Å². The predicted octanol–water partition coefficient (Wildman–Crippen LogP) is 2.66. The average molecular weight is 254 g/mol. The Morgan fingerprint density at radius 1 is 1.11 bits per heavy atom. The Morgan fingerprint density at radius 3 is 2.50 bits per heavy atom. The van der Waals surface area contributed by atoms with Crippen LogP contribution in [0.2, 0.25) is 0 Å². The average Bonchev–Trinajstić information content (AvgIpc) is 2.36. The van der Waals surface area contributed by atoms with Crippen LogP contribution in [0.5, 0.6) is 0 Å². The molecule has 1 N–H and O–H groups in total. The Hall–Kier alpha value is -0.120. The number of hydrogen-bond donors (Lipinski definition) is 1. The second kappa shape index (κ2) is 4.77. The zero-order chi connectivity index (χ0) is 12.6. The number of ether oxygens (including phenoxy) is 2. The molecule has 2 aliphatic carbocycles. The third-order valence-electron chi connectivity index (χ3n) is 5.51. The van der Waals surface area contributed by atoms with Crippen molar-refractivity contribution in [2.24, 2.45) is 5.92 Å². The van der Waals surface area contributed by atoms with Gasteiger partial charge in [0.2, 0.25) is 0 Å². The Labute approximate surface area is 110 Å². The summed E-state index contributed by atoms with van der Waals surface area (Å²) in [5, 5.41) is 10.7. The molecular weight excluding hydrogens is 228 g/mol.